The van der Waals surface area contributed by atoms with Crippen molar-refractivity contribution in [3.05, 3.63) is 28.8 Å². The molecule has 1 aromatic carbocycles. The van der Waals surface area contributed by atoms with E-state index in [9.17, 15) is 4.79 Å². The molecule has 0 aliphatic carbocycles. The van der Waals surface area contributed by atoms with E-state index >= 15 is 0 Å². The zero-order chi connectivity index (χ0) is 12.1. The van der Waals surface area contributed by atoms with Gasteiger partial charge in [-0.05, 0) is 24.1 Å². The van der Waals surface area contributed by atoms with Crippen molar-refractivity contribution in [2.75, 3.05) is 13.7 Å². The number of hydrogen-bond donors (Lipinski definition) is 0. The lowest BCUT2D eigenvalue weighted by Crippen LogP contribution is -2.06. The van der Waals surface area contributed by atoms with Crippen LogP contribution in [0, 0.1) is 5.92 Å². The van der Waals surface area contributed by atoms with Crippen LogP contribution >= 0.6 is 11.6 Å². The molecule has 0 saturated carbocycles. The van der Waals surface area contributed by atoms with Crippen molar-refractivity contribution in [3.63, 3.8) is 0 Å². The smallest absolute Gasteiger partial charge is 0.339 e. The zero-order valence-corrected chi connectivity index (χ0v) is 10.4. The molecular formula is C12H15ClO3. The molecule has 0 heterocycles. The largest absolute Gasteiger partial charge is 0.493 e. The van der Waals surface area contributed by atoms with Crippen LogP contribution in [0.1, 0.15) is 24.2 Å². The molecule has 0 aliphatic heterocycles. The molecule has 0 radical (unpaired) electrons. The van der Waals surface area contributed by atoms with Gasteiger partial charge in [-0.2, -0.15) is 0 Å². The topological polar surface area (TPSA) is 35.5 Å². The van der Waals surface area contributed by atoms with Gasteiger partial charge in [0.25, 0.3) is 0 Å². The first-order valence-corrected chi connectivity index (χ1v) is 5.43. The second kappa shape index (κ2) is 5.75. The molecule has 1 aromatic rings. The third kappa shape index (κ3) is 3.42. The van der Waals surface area contributed by atoms with Gasteiger partial charge < -0.3 is 9.47 Å². The van der Waals surface area contributed by atoms with Crippen LogP contribution in [0.25, 0.3) is 0 Å². The summed E-state index contributed by atoms with van der Waals surface area (Å²) in [6.07, 6.45) is 0. The maximum Gasteiger partial charge on any atom is 0.339 e. The van der Waals surface area contributed by atoms with Crippen LogP contribution in [0.5, 0.6) is 5.75 Å². The molecule has 0 atom stereocenters. The van der Waals surface area contributed by atoms with E-state index in [0.29, 0.717) is 28.9 Å². The summed E-state index contributed by atoms with van der Waals surface area (Å²) >= 11 is 5.94. The van der Waals surface area contributed by atoms with Crippen LogP contribution < -0.4 is 4.74 Å². The van der Waals surface area contributed by atoms with Crippen LogP contribution in [0.15, 0.2) is 18.2 Å². The SMILES string of the molecule is COC(=O)c1ccc(OCC(C)C)cc1Cl. The Morgan fingerprint density at radius 1 is 1.44 bits per heavy atom. The number of benzene rings is 1. The molecule has 0 unspecified atom stereocenters. The molecule has 0 amide bonds. The molecule has 0 aliphatic rings. The second-order valence-corrected chi connectivity index (χ2v) is 4.25. The fourth-order valence-corrected chi connectivity index (χ4v) is 1.37. The van der Waals surface area contributed by atoms with Gasteiger partial charge in [-0.1, -0.05) is 25.4 Å². The fraction of sp³-hybridized carbons (Fsp3) is 0.417. The predicted molar refractivity (Wildman–Crippen MR) is 63.1 cm³/mol. The van der Waals surface area contributed by atoms with Gasteiger partial charge in [-0.25, -0.2) is 4.79 Å². The number of carbonyl (C=O) groups is 1. The van der Waals surface area contributed by atoms with Crippen molar-refractivity contribution in [2.24, 2.45) is 5.92 Å². The van der Waals surface area contributed by atoms with Gasteiger partial charge in [0.15, 0.2) is 0 Å². The average molecular weight is 243 g/mol. The number of halogens is 1. The molecule has 0 bridgehead atoms. The molecule has 0 spiro atoms. The third-order valence-electron chi connectivity index (χ3n) is 1.93. The maximum absolute atomic E-state index is 11.3. The lowest BCUT2D eigenvalue weighted by Gasteiger charge is -2.10. The number of ether oxygens (including phenoxy) is 2. The van der Waals surface area contributed by atoms with Crippen LogP contribution in [0.4, 0.5) is 0 Å². The quantitative estimate of drug-likeness (QED) is 0.761. The van der Waals surface area contributed by atoms with Crippen molar-refractivity contribution in [2.45, 2.75) is 13.8 Å². The molecule has 0 fully saturated rings. The van der Waals surface area contributed by atoms with Gasteiger partial charge >= 0.3 is 5.97 Å². The van der Waals surface area contributed by atoms with Crippen molar-refractivity contribution in [1.29, 1.82) is 0 Å². The predicted octanol–water partition coefficient (Wildman–Crippen LogP) is 3.16. The van der Waals surface area contributed by atoms with Crippen molar-refractivity contribution in [3.8, 4) is 5.75 Å². The molecule has 0 saturated heterocycles. The van der Waals surface area contributed by atoms with E-state index < -0.39 is 5.97 Å². The summed E-state index contributed by atoms with van der Waals surface area (Å²) < 4.78 is 10.1. The standard InChI is InChI=1S/C12H15ClO3/c1-8(2)7-16-9-4-5-10(11(13)6-9)12(14)15-3/h4-6,8H,7H2,1-3H3. The van der Waals surface area contributed by atoms with Crippen LogP contribution in [-0.4, -0.2) is 19.7 Å². The van der Waals surface area contributed by atoms with Gasteiger partial charge in [-0.15, -0.1) is 0 Å². The lowest BCUT2D eigenvalue weighted by molar-refractivity contribution is 0.0601. The number of methoxy groups -OCH3 is 1. The van der Waals surface area contributed by atoms with E-state index in [1.54, 1.807) is 18.2 Å². The summed E-state index contributed by atoms with van der Waals surface area (Å²) in [6.45, 7) is 4.74. The van der Waals surface area contributed by atoms with E-state index in [2.05, 4.69) is 18.6 Å². The van der Waals surface area contributed by atoms with E-state index in [1.165, 1.54) is 7.11 Å². The summed E-state index contributed by atoms with van der Waals surface area (Å²) in [5, 5.41) is 0.341. The Labute approximate surface area is 100 Å². The Morgan fingerprint density at radius 2 is 2.12 bits per heavy atom. The Hall–Kier alpha value is -1.22. The first kappa shape index (κ1) is 12.8. The zero-order valence-electron chi connectivity index (χ0n) is 9.62. The first-order valence-electron chi connectivity index (χ1n) is 5.05. The molecule has 4 heteroatoms. The summed E-state index contributed by atoms with van der Waals surface area (Å²) in [7, 11) is 1.32. The lowest BCUT2D eigenvalue weighted by atomic mass is 10.2. The summed E-state index contributed by atoms with van der Waals surface area (Å²) in [5.74, 6) is 0.658. The monoisotopic (exact) mass is 242 g/mol. The van der Waals surface area contributed by atoms with E-state index in [4.69, 9.17) is 16.3 Å². The fourth-order valence-electron chi connectivity index (χ4n) is 1.12. The van der Waals surface area contributed by atoms with Gasteiger partial charge in [0.1, 0.15) is 5.75 Å². The number of rotatable bonds is 4. The third-order valence-corrected chi connectivity index (χ3v) is 2.24. The maximum atomic E-state index is 11.3. The van der Waals surface area contributed by atoms with E-state index in [1.807, 2.05) is 0 Å². The highest BCUT2D eigenvalue weighted by Gasteiger charge is 2.11. The van der Waals surface area contributed by atoms with Gasteiger partial charge in [0.05, 0.1) is 24.3 Å². The summed E-state index contributed by atoms with van der Waals surface area (Å²) in [6, 6.07) is 4.93. The molecule has 3 nitrogen and oxygen atoms in total. The average Bonchev–Trinajstić information content (AvgIpc) is 2.25. The minimum Gasteiger partial charge on any atom is -0.493 e. The van der Waals surface area contributed by atoms with Crippen LogP contribution in [0.2, 0.25) is 5.02 Å². The highest BCUT2D eigenvalue weighted by atomic mass is 35.5. The molecule has 16 heavy (non-hydrogen) atoms. The molecule has 0 aromatic heterocycles. The Kier molecular flexibility index (Phi) is 4.62. The van der Waals surface area contributed by atoms with E-state index in [0.717, 1.165) is 0 Å². The number of hydrogen-bond acceptors (Lipinski definition) is 3. The molecular weight excluding hydrogens is 228 g/mol. The number of esters is 1. The first-order chi connectivity index (χ1) is 7.54. The summed E-state index contributed by atoms with van der Waals surface area (Å²) in [5.41, 5.74) is 0.348. The Balaban J connectivity index is 2.78. The van der Waals surface area contributed by atoms with Crippen LogP contribution in [0.3, 0.4) is 0 Å². The molecule has 1 rings (SSSR count). The van der Waals surface area contributed by atoms with Crippen molar-refractivity contribution in [1.82, 2.24) is 0 Å². The molecule has 88 valence electrons. The summed E-state index contributed by atoms with van der Waals surface area (Å²) in [4.78, 5) is 11.3. The van der Waals surface area contributed by atoms with Crippen molar-refractivity contribution < 1.29 is 14.3 Å². The highest BCUT2D eigenvalue weighted by molar-refractivity contribution is 6.33. The second-order valence-electron chi connectivity index (χ2n) is 3.84. The Bertz CT molecular complexity index is 375. The van der Waals surface area contributed by atoms with Crippen LogP contribution in [-0.2, 0) is 4.74 Å². The minimum absolute atomic E-state index is 0.341. The number of carbonyl (C=O) groups excluding carboxylic acids is 1. The van der Waals surface area contributed by atoms with Gasteiger partial charge in [-0.3, -0.25) is 0 Å². The van der Waals surface area contributed by atoms with Gasteiger partial charge in [0, 0.05) is 0 Å². The highest BCUT2D eigenvalue weighted by Crippen LogP contribution is 2.23. The Morgan fingerprint density at radius 3 is 2.62 bits per heavy atom. The normalized spacial score (nSPS) is 10.3. The van der Waals surface area contributed by atoms with Gasteiger partial charge in [0.2, 0.25) is 0 Å². The van der Waals surface area contributed by atoms with E-state index in [-0.39, 0.29) is 0 Å². The van der Waals surface area contributed by atoms with Crippen molar-refractivity contribution >= 4 is 17.6 Å². The minimum atomic E-state index is -0.444. The molecule has 0 N–H and O–H groups in total.